The molecular formula is C21H17NO2S. The van der Waals surface area contributed by atoms with Crippen molar-refractivity contribution in [3.05, 3.63) is 95.6 Å². The Morgan fingerprint density at radius 3 is 2.08 bits per heavy atom. The number of aryl methyl sites for hydroxylation is 1. The van der Waals surface area contributed by atoms with E-state index in [0.717, 1.165) is 15.4 Å². The Bertz CT molecular complexity index is 903. The van der Waals surface area contributed by atoms with Gasteiger partial charge in [-0.05, 0) is 48.9 Å². The van der Waals surface area contributed by atoms with Crippen LogP contribution in [0.15, 0.2) is 93.8 Å². The molecule has 0 aliphatic carbocycles. The van der Waals surface area contributed by atoms with Crippen LogP contribution in [0.1, 0.15) is 21.5 Å². The molecule has 0 spiro atoms. The molecule has 4 heteroatoms. The van der Waals surface area contributed by atoms with E-state index in [1.165, 1.54) is 0 Å². The average molecular weight is 347 g/mol. The highest BCUT2D eigenvalue weighted by atomic mass is 32.2. The number of rotatable bonds is 5. The molecule has 25 heavy (non-hydrogen) atoms. The summed E-state index contributed by atoms with van der Waals surface area (Å²) in [5.41, 5.74) is 2.08. The first kappa shape index (κ1) is 17.0. The maximum Gasteiger partial charge on any atom is 0.215 e. The van der Waals surface area contributed by atoms with E-state index in [4.69, 9.17) is 0 Å². The standard InChI is InChI=1S/C21H17NO2S/c1-15-7-5-6-10-19(15)20(22-24)21(23)16-11-13-18(14-12-16)25-17-8-3-2-4-9-17/h2-14,24H,1H3/b22-20-. The minimum Gasteiger partial charge on any atom is -0.410 e. The van der Waals surface area contributed by atoms with Crippen molar-refractivity contribution in [2.75, 3.05) is 0 Å². The van der Waals surface area contributed by atoms with Gasteiger partial charge in [-0.25, -0.2) is 0 Å². The maximum atomic E-state index is 12.7. The normalized spacial score (nSPS) is 11.3. The third-order valence-corrected chi connectivity index (χ3v) is 4.83. The number of carbonyl (C=O) groups is 1. The number of benzene rings is 3. The average Bonchev–Trinajstić information content (AvgIpc) is 2.65. The van der Waals surface area contributed by atoms with Gasteiger partial charge in [0, 0.05) is 20.9 Å². The van der Waals surface area contributed by atoms with Gasteiger partial charge in [0.15, 0.2) is 5.71 Å². The number of nitrogens with zero attached hydrogens (tertiary/aromatic N) is 1. The minimum atomic E-state index is -0.298. The summed E-state index contributed by atoms with van der Waals surface area (Å²) >= 11 is 1.63. The van der Waals surface area contributed by atoms with Gasteiger partial charge in [0.25, 0.3) is 0 Å². The fraction of sp³-hybridized carbons (Fsp3) is 0.0476. The van der Waals surface area contributed by atoms with E-state index in [0.29, 0.717) is 11.1 Å². The van der Waals surface area contributed by atoms with Gasteiger partial charge < -0.3 is 5.21 Å². The zero-order valence-electron chi connectivity index (χ0n) is 13.7. The van der Waals surface area contributed by atoms with E-state index in [1.807, 2.05) is 67.6 Å². The van der Waals surface area contributed by atoms with Crippen LogP contribution in [0.25, 0.3) is 0 Å². The first-order valence-electron chi connectivity index (χ1n) is 7.85. The lowest BCUT2D eigenvalue weighted by atomic mass is 9.97. The van der Waals surface area contributed by atoms with E-state index >= 15 is 0 Å². The van der Waals surface area contributed by atoms with E-state index in [1.54, 1.807) is 30.0 Å². The molecule has 0 saturated carbocycles. The fourth-order valence-electron chi connectivity index (χ4n) is 2.50. The van der Waals surface area contributed by atoms with Crippen LogP contribution in [-0.4, -0.2) is 16.7 Å². The number of ketones is 1. The molecule has 3 aromatic rings. The second kappa shape index (κ2) is 7.81. The van der Waals surface area contributed by atoms with Crippen LogP contribution in [0.4, 0.5) is 0 Å². The largest absolute Gasteiger partial charge is 0.410 e. The van der Waals surface area contributed by atoms with E-state index in [2.05, 4.69) is 5.16 Å². The minimum absolute atomic E-state index is 0.0570. The Labute approximate surface area is 151 Å². The van der Waals surface area contributed by atoms with Gasteiger partial charge in [-0.3, -0.25) is 4.79 Å². The lowest BCUT2D eigenvalue weighted by Crippen LogP contribution is -2.17. The van der Waals surface area contributed by atoms with Crippen molar-refractivity contribution in [3.8, 4) is 0 Å². The highest BCUT2D eigenvalue weighted by Gasteiger charge is 2.18. The van der Waals surface area contributed by atoms with Crippen molar-refractivity contribution in [1.82, 2.24) is 0 Å². The van der Waals surface area contributed by atoms with Crippen LogP contribution in [0.3, 0.4) is 0 Å². The second-order valence-corrected chi connectivity index (χ2v) is 6.68. The topological polar surface area (TPSA) is 49.7 Å². The predicted octanol–water partition coefficient (Wildman–Crippen LogP) is 5.21. The summed E-state index contributed by atoms with van der Waals surface area (Å²) in [6.07, 6.45) is 0. The number of hydrogen-bond donors (Lipinski definition) is 1. The Morgan fingerprint density at radius 2 is 1.44 bits per heavy atom. The monoisotopic (exact) mass is 347 g/mol. The Balaban J connectivity index is 1.82. The number of oxime groups is 1. The van der Waals surface area contributed by atoms with E-state index < -0.39 is 0 Å². The fourth-order valence-corrected chi connectivity index (χ4v) is 3.33. The Morgan fingerprint density at radius 1 is 0.840 bits per heavy atom. The van der Waals surface area contributed by atoms with Crippen LogP contribution in [0, 0.1) is 6.92 Å². The van der Waals surface area contributed by atoms with E-state index in [9.17, 15) is 10.0 Å². The second-order valence-electron chi connectivity index (χ2n) is 5.53. The van der Waals surface area contributed by atoms with Gasteiger partial charge in [0.2, 0.25) is 5.78 Å². The van der Waals surface area contributed by atoms with Gasteiger partial charge in [0.1, 0.15) is 0 Å². The van der Waals surface area contributed by atoms with Gasteiger partial charge in [-0.1, -0.05) is 59.4 Å². The summed E-state index contributed by atoms with van der Waals surface area (Å²) in [5, 5.41) is 12.6. The smallest absolute Gasteiger partial charge is 0.215 e. The quantitative estimate of drug-likeness (QED) is 0.298. The zero-order chi connectivity index (χ0) is 17.6. The molecule has 3 rings (SSSR count). The Hall–Kier alpha value is -2.85. The molecule has 3 aromatic carbocycles. The molecule has 124 valence electrons. The molecule has 0 saturated heterocycles. The first-order chi connectivity index (χ1) is 12.2. The van der Waals surface area contributed by atoms with Gasteiger partial charge in [0.05, 0.1) is 0 Å². The predicted molar refractivity (Wildman–Crippen MR) is 101 cm³/mol. The Kier molecular flexibility index (Phi) is 5.31. The summed E-state index contributed by atoms with van der Waals surface area (Å²) in [7, 11) is 0. The van der Waals surface area contributed by atoms with Crippen molar-refractivity contribution >= 4 is 23.3 Å². The molecule has 0 unspecified atom stereocenters. The van der Waals surface area contributed by atoms with Crippen molar-refractivity contribution < 1.29 is 10.0 Å². The molecule has 0 atom stereocenters. The van der Waals surface area contributed by atoms with Crippen LogP contribution in [0.2, 0.25) is 0 Å². The van der Waals surface area contributed by atoms with Crippen molar-refractivity contribution in [1.29, 1.82) is 0 Å². The molecule has 0 fully saturated rings. The molecule has 0 heterocycles. The first-order valence-corrected chi connectivity index (χ1v) is 8.66. The van der Waals surface area contributed by atoms with Gasteiger partial charge >= 0.3 is 0 Å². The molecule has 0 aromatic heterocycles. The molecule has 0 radical (unpaired) electrons. The molecule has 0 bridgehead atoms. The summed E-state index contributed by atoms with van der Waals surface area (Å²) < 4.78 is 0. The third kappa shape index (κ3) is 3.98. The molecule has 0 amide bonds. The highest BCUT2D eigenvalue weighted by Crippen LogP contribution is 2.27. The van der Waals surface area contributed by atoms with Crippen LogP contribution in [0.5, 0.6) is 0 Å². The van der Waals surface area contributed by atoms with Crippen molar-refractivity contribution in [2.24, 2.45) is 5.16 Å². The molecule has 1 N–H and O–H groups in total. The molecule has 0 aliphatic heterocycles. The van der Waals surface area contributed by atoms with E-state index in [-0.39, 0.29) is 11.5 Å². The van der Waals surface area contributed by atoms with Crippen molar-refractivity contribution in [2.45, 2.75) is 16.7 Å². The summed E-state index contributed by atoms with van der Waals surface area (Å²) in [4.78, 5) is 14.9. The lowest BCUT2D eigenvalue weighted by molar-refractivity contribution is 0.106. The number of Topliss-reactive ketones (excluding diaryl/α,β-unsaturated/α-hetero) is 1. The lowest BCUT2D eigenvalue weighted by Gasteiger charge is -2.08. The highest BCUT2D eigenvalue weighted by molar-refractivity contribution is 7.99. The number of hydrogen-bond acceptors (Lipinski definition) is 4. The molecular weight excluding hydrogens is 330 g/mol. The molecule has 3 nitrogen and oxygen atoms in total. The van der Waals surface area contributed by atoms with Crippen molar-refractivity contribution in [3.63, 3.8) is 0 Å². The summed E-state index contributed by atoms with van der Waals surface area (Å²) in [5.74, 6) is -0.298. The summed E-state index contributed by atoms with van der Waals surface area (Å²) in [6.45, 7) is 1.88. The van der Waals surface area contributed by atoms with Crippen LogP contribution < -0.4 is 0 Å². The molecule has 0 aliphatic rings. The van der Waals surface area contributed by atoms with Crippen LogP contribution in [-0.2, 0) is 0 Å². The van der Waals surface area contributed by atoms with Gasteiger partial charge in [-0.15, -0.1) is 0 Å². The van der Waals surface area contributed by atoms with Crippen LogP contribution >= 0.6 is 11.8 Å². The van der Waals surface area contributed by atoms with Gasteiger partial charge in [-0.2, -0.15) is 0 Å². The summed E-state index contributed by atoms with van der Waals surface area (Å²) in [6, 6.07) is 24.7. The third-order valence-electron chi connectivity index (χ3n) is 3.81. The SMILES string of the molecule is Cc1ccccc1/C(=N/O)C(=O)c1ccc(Sc2ccccc2)cc1. The maximum absolute atomic E-state index is 12.7. The number of carbonyl (C=O) groups excluding carboxylic acids is 1. The zero-order valence-corrected chi connectivity index (χ0v) is 14.5.